The SMILES string of the molecule is CC(c1cccc(N)c1)N1CCC2NC(=O)CCC2C1. The third-order valence-electron chi connectivity index (χ3n) is 4.79. The van der Waals surface area contributed by atoms with Crippen molar-refractivity contribution in [2.24, 2.45) is 5.92 Å². The minimum atomic E-state index is 0.226. The standard InChI is InChI=1S/C16H23N3O/c1-11(12-3-2-4-14(17)9-12)19-8-7-15-13(10-19)5-6-16(20)18-15/h2-4,9,11,13,15H,5-8,10,17H2,1H3,(H,18,20). The average Bonchev–Trinajstić information content (AvgIpc) is 2.46. The van der Waals surface area contributed by atoms with Crippen molar-refractivity contribution in [1.29, 1.82) is 0 Å². The van der Waals surface area contributed by atoms with Crippen molar-refractivity contribution in [3.63, 3.8) is 0 Å². The lowest BCUT2D eigenvalue weighted by atomic mass is 9.84. The topological polar surface area (TPSA) is 58.4 Å². The molecule has 1 amide bonds. The first kappa shape index (κ1) is 13.4. The van der Waals surface area contributed by atoms with Crippen LogP contribution in [0.25, 0.3) is 0 Å². The first-order chi connectivity index (χ1) is 9.63. The molecule has 1 aromatic carbocycles. The van der Waals surface area contributed by atoms with Crippen LogP contribution in [0.3, 0.4) is 0 Å². The van der Waals surface area contributed by atoms with Crippen molar-refractivity contribution in [1.82, 2.24) is 10.2 Å². The van der Waals surface area contributed by atoms with Gasteiger partial charge in [0.2, 0.25) is 5.91 Å². The van der Waals surface area contributed by atoms with E-state index in [1.54, 1.807) is 0 Å². The number of carbonyl (C=O) groups is 1. The van der Waals surface area contributed by atoms with E-state index in [4.69, 9.17) is 5.73 Å². The molecule has 20 heavy (non-hydrogen) atoms. The van der Waals surface area contributed by atoms with Crippen LogP contribution in [0.1, 0.15) is 37.8 Å². The van der Waals surface area contributed by atoms with Gasteiger partial charge in [-0.2, -0.15) is 0 Å². The van der Waals surface area contributed by atoms with E-state index in [2.05, 4.69) is 29.3 Å². The lowest BCUT2D eigenvalue weighted by molar-refractivity contribution is -0.125. The summed E-state index contributed by atoms with van der Waals surface area (Å²) in [5, 5.41) is 3.14. The Hall–Kier alpha value is -1.55. The first-order valence-electron chi connectivity index (χ1n) is 7.52. The van der Waals surface area contributed by atoms with Gasteiger partial charge in [-0.25, -0.2) is 0 Å². The fraction of sp³-hybridized carbons (Fsp3) is 0.562. The molecule has 3 N–H and O–H groups in total. The van der Waals surface area contributed by atoms with Crippen molar-refractivity contribution < 1.29 is 4.79 Å². The zero-order chi connectivity index (χ0) is 14.1. The molecule has 108 valence electrons. The summed E-state index contributed by atoms with van der Waals surface area (Å²) in [5.74, 6) is 0.827. The second-order valence-electron chi connectivity index (χ2n) is 6.10. The van der Waals surface area contributed by atoms with Crippen molar-refractivity contribution >= 4 is 11.6 Å². The average molecular weight is 273 g/mol. The number of hydrogen-bond donors (Lipinski definition) is 2. The molecule has 0 bridgehead atoms. The molecule has 3 unspecified atom stereocenters. The molecule has 0 saturated carbocycles. The van der Waals surface area contributed by atoms with E-state index in [0.717, 1.165) is 31.6 Å². The Kier molecular flexibility index (Phi) is 3.66. The zero-order valence-electron chi connectivity index (χ0n) is 12.0. The first-order valence-corrected chi connectivity index (χ1v) is 7.52. The van der Waals surface area contributed by atoms with Crippen molar-refractivity contribution in [2.45, 2.75) is 38.3 Å². The van der Waals surface area contributed by atoms with Crippen LogP contribution in [0.5, 0.6) is 0 Å². The highest BCUT2D eigenvalue weighted by Crippen LogP contribution is 2.31. The number of nitrogens with one attached hydrogen (secondary N) is 1. The molecule has 2 heterocycles. The normalized spacial score (nSPS) is 28.6. The summed E-state index contributed by atoms with van der Waals surface area (Å²) in [4.78, 5) is 14.0. The van der Waals surface area contributed by atoms with Crippen molar-refractivity contribution in [2.75, 3.05) is 18.8 Å². The van der Waals surface area contributed by atoms with Gasteiger partial charge in [-0.15, -0.1) is 0 Å². The van der Waals surface area contributed by atoms with E-state index in [9.17, 15) is 4.79 Å². The number of fused-ring (bicyclic) bond motifs is 1. The zero-order valence-corrected chi connectivity index (χ0v) is 12.0. The smallest absolute Gasteiger partial charge is 0.220 e. The number of hydrogen-bond acceptors (Lipinski definition) is 3. The van der Waals surface area contributed by atoms with Crippen molar-refractivity contribution in [3.05, 3.63) is 29.8 Å². The maximum absolute atomic E-state index is 11.5. The summed E-state index contributed by atoms with van der Waals surface area (Å²) in [6.07, 6.45) is 2.77. The lowest BCUT2D eigenvalue weighted by Gasteiger charge is -2.43. The fourth-order valence-corrected chi connectivity index (χ4v) is 3.52. The van der Waals surface area contributed by atoms with E-state index >= 15 is 0 Å². The van der Waals surface area contributed by atoms with Crippen LogP contribution in [0, 0.1) is 5.92 Å². The van der Waals surface area contributed by atoms with Gasteiger partial charge >= 0.3 is 0 Å². The Bertz CT molecular complexity index is 502. The molecule has 0 spiro atoms. The van der Waals surface area contributed by atoms with Gasteiger partial charge in [0, 0.05) is 37.3 Å². The van der Waals surface area contributed by atoms with Crippen molar-refractivity contribution in [3.8, 4) is 0 Å². The summed E-state index contributed by atoms with van der Waals surface area (Å²) in [6, 6.07) is 8.95. The summed E-state index contributed by atoms with van der Waals surface area (Å²) in [7, 11) is 0. The number of likely N-dealkylation sites (tertiary alicyclic amines) is 1. The third kappa shape index (κ3) is 2.66. The van der Waals surface area contributed by atoms with E-state index in [1.807, 2.05) is 12.1 Å². The monoisotopic (exact) mass is 273 g/mol. The molecule has 4 nitrogen and oxygen atoms in total. The number of carbonyl (C=O) groups excluding carboxylic acids is 1. The van der Waals surface area contributed by atoms with E-state index in [-0.39, 0.29) is 5.91 Å². The summed E-state index contributed by atoms with van der Waals surface area (Å²) in [6.45, 7) is 4.36. The molecular weight excluding hydrogens is 250 g/mol. The molecule has 0 aliphatic carbocycles. The molecule has 4 heteroatoms. The highest BCUT2D eigenvalue weighted by molar-refractivity contribution is 5.77. The van der Waals surface area contributed by atoms with Crippen LogP contribution in [0.15, 0.2) is 24.3 Å². The Morgan fingerprint density at radius 3 is 3.05 bits per heavy atom. The number of anilines is 1. The van der Waals surface area contributed by atoms with Gasteiger partial charge in [0.05, 0.1) is 0 Å². The minimum Gasteiger partial charge on any atom is -0.399 e. The number of nitrogens with two attached hydrogens (primary N) is 1. The second kappa shape index (κ2) is 5.44. The Morgan fingerprint density at radius 2 is 2.25 bits per heavy atom. The number of amides is 1. The quantitative estimate of drug-likeness (QED) is 0.810. The molecule has 0 radical (unpaired) electrons. The molecule has 0 aromatic heterocycles. The highest BCUT2D eigenvalue weighted by Gasteiger charge is 2.35. The van der Waals surface area contributed by atoms with E-state index in [0.29, 0.717) is 24.4 Å². The third-order valence-corrected chi connectivity index (χ3v) is 4.79. The van der Waals surface area contributed by atoms with Crippen LogP contribution in [0.2, 0.25) is 0 Å². The van der Waals surface area contributed by atoms with E-state index < -0.39 is 0 Å². The number of nitrogens with zero attached hydrogens (tertiary/aromatic N) is 1. The lowest BCUT2D eigenvalue weighted by Crippen LogP contribution is -2.54. The number of benzene rings is 1. The van der Waals surface area contributed by atoms with Gasteiger partial charge in [0.25, 0.3) is 0 Å². The molecule has 2 aliphatic heterocycles. The number of rotatable bonds is 2. The van der Waals surface area contributed by atoms with Crippen LogP contribution >= 0.6 is 0 Å². The Labute approximate surface area is 120 Å². The maximum atomic E-state index is 11.5. The summed E-state index contributed by atoms with van der Waals surface area (Å²) in [5.41, 5.74) is 7.99. The van der Waals surface area contributed by atoms with Crippen LogP contribution in [-0.4, -0.2) is 29.9 Å². The van der Waals surface area contributed by atoms with Crippen LogP contribution in [-0.2, 0) is 4.79 Å². The Balaban J connectivity index is 1.68. The molecule has 1 aromatic rings. The van der Waals surface area contributed by atoms with Gasteiger partial charge in [-0.1, -0.05) is 12.1 Å². The molecular formula is C16H23N3O. The Morgan fingerprint density at radius 1 is 1.40 bits per heavy atom. The maximum Gasteiger partial charge on any atom is 0.220 e. The minimum absolute atomic E-state index is 0.226. The van der Waals surface area contributed by atoms with Crippen LogP contribution in [0.4, 0.5) is 5.69 Å². The fourth-order valence-electron chi connectivity index (χ4n) is 3.52. The molecule has 3 rings (SSSR count). The van der Waals surface area contributed by atoms with Gasteiger partial charge in [0.15, 0.2) is 0 Å². The molecule has 2 fully saturated rings. The highest BCUT2D eigenvalue weighted by atomic mass is 16.1. The van der Waals surface area contributed by atoms with Gasteiger partial charge in [-0.05, 0) is 43.4 Å². The van der Waals surface area contributed by atoms with Crippen LogP contribution < -0.4 is 11.1 Å². The van der Waals surface area contributed by atoms with Gasteiger partial charge in [-0.3, -0.25) is 9.69 Å². The summed E-state index contributed by atoms with van der Waals surface area (Å²) < 4.78 is 0. The molecule has 3 atom stereocenters. The molecule has 2 aliphatic rings. The predicted octanol–water partition coefficient (Wildman–Crippen LogP) is 1.93. The van der Waals surface area contributed by atoms with Gasteiger partial charge < -0.3 is 11.1 Å². The van der Waals surface area contributed by atoms with Gasteiger partial charge in [0.1, 0.15) is 0 Å². The largest absolute Gasteiger partial charge is 0.399 e. The number of nitrogen functional groups attached to an aromatic ring is 1. The predicted molar refractivity (Wildman–Crippen MR) is 80.1 cm³/mol. The number of piperidine rings is 2. The molecule has 2 saturated heterocycles. The second-order valence-corrected chi connectivity index (χ2v) is 6.10. The van der Waals surface area contributed by atoms with E-state index in [1.165, 1.54) is 5.56 Å². The summed E-state index contributed by atoms with van der Waals surface area (Å²) >= 11 is 0.